The van der Waals surface area contributed by atoms with Crippen LogP contribution >= 0.6 is 22.7 Å². The molecule has 1 aliphatic heterocycles. The highest BCUT2D eigenvalue weighted by Crippen LogP contribution is 2.48. The maximum Gasteiger partial charge on any atom is 0.180 e. The van der Waals surface area contributed by atoms with Crippen molar-refractivity contribution in [3.05, 3.63) is 41.8 Å². The molecule has 0 saturated heterocycles. The summed E-state index contributed by atoms with van der Waals surface area (Å²) in [6.45, 7) is 1.25. The normalized spacial score (nSPS) is 13.3. The van der Waals surface area contributed by atoms with Gasteiger partial charge in [-0.1, -0.05) is 12.1 Å². The molecule has 0 aliphatic carbocycles. The lowest BCUT2D eigenvalue weighted by atomic mass is 10.2. The van der Waals surface area contributed by atoms with Gasteiger partial charge in [-0.2, -0.15) is 0 Å². The maximum atomic E-state index is 5.76. The Morgan fingerprint density at radius 3 is 2.52 bits per heavy atom. The van der Waals surface area contributed by atoms with Gasteiger partial charge in [0.05, 0.1) is 4.88 Å². The zero-order valence-corrected chi connectivity index (χ0v) is 12.8. The second-order valence-electron chi connectivity index (χ2n) is 4.74. The highest BCUT2D eigenvalue weighted by Gasteiger charge is 2.20. The number of nitrogens with two attached hydrogens (primary N) is 1. The van der Waals surface area contributed by atoms with Crippen LogP contribution in [0.2, 0.25) is 0 Å². The molecule has 3 aromatic rings. The number of ether oxygens (including phenoxy) is 2. The van der Waals surface area contributed by atoms with Crippen molar-refractivity contribution in [3.8, 4) is 31.7 Å². The van der Waals surface area contributed by atoms with E-state index < -0.39 is 0 Å². The minimum Gasteiger partial charge on any atom is -0.485 e. The maximum absolute atomic E-state index is 5.76. The van der Waals surface area contributed by atoms with Crippen molar-refractivity contribution in [2.75, 3.05) is 18.9 Å². The van der Waals surface area contributed by atoms with Gasteiger partial charge in [0.15, 0.2) is 11.5 Å². The first kappa shape index (κ1) is 12.7. The Morgan fingerprint density at radius 2 is 1.67 bits per heavy atom. The molecule has 5 heteroatoms. The lowest BCUT2D eigenvalue weighted by Gasteiger charge is -2.15. The number of thiophene rings is 2. The van der Waals surface area contributed by atoms with Gasteiger partial charge in [-0.15, -0.1) is 22.7 Å². The van der Waals surface area contributed by atoms with Gasteiger partial charge in [-0.05, 0) is 29.8 Å². The van der Waals surface area contributed by atoms with Crippen LogP contribution in [0.15, 0.2) is 41.8 Å². The SMILES string of the molecule is Nc1ccc(-c2ccc(-c3scc4c3OCCO4)s2)cc1. The van der Waals surface area contributed by atoms with E-state index in [0.29, 0.717) is 13.2 Å². The second-order valence-corrected chi connectivity index (χ2v) is 6.70. The lowest BCUT2D eigenvalue weighted by molar-refractivity contribution is 0.174. The van der Waals surface area contributed by atoms with E-state index in [0.717, 1.165) is 22.1 Å². The van der Waals surface area contributed by atoms with Crippen LogP contribution in [-0.4, -0.2) is 13.2 Å². The Labute approximate surface area is 130 Å². The van der Waals surface area contributed by atoms with Crippen LogP contribution in [0.4, 0.5) is 5.69 Å². The van der Waals surface area contributed by atoms with Crippen molar-refractivity contribution < 1.29 is 9.47 Å². The van der Waals surface area contributed by atoms with E-state index in [4.69, 9.17) is 15.2 Å². The molecule has 0 fully saturated rings. The highest BCUT2D eigenvalue weighted by molar-refractivity contribution is 7.23. The first-order chi connectivity index (χ1) is 10.3. The van der Waals surface area contributed by atoms with Crippen LogP contribution in [0.5, 0.6) is 11.5 Å². The summed E-state index contributed by atoms with van der Waals surface area (Å²) in [6, 6.07) is 12.2. The van der Waals surface area contributed by atoms with Gasteiger partial charge in [0.25, 0.3) is 0 Å². The molecule has 2 N–H and O–H groups in total. The molecule has 0 bridgehead atoms. The molecule has 0 atom stereocenters. The molecule has 4 rings (SSSR count). The number of benzene rings is 1. The number of anilines is 1. The molecule has 1 aromatic carbocycles. The molecule has 2 aromatic heterocycles. The molecule has 106 valence electrons. The van der Waals surface area contributed by atoms with E-state index in [9.17, 15) is 0 Å². The average molecular weight is 315 g/mol. The summed E-state index contributed by atoms with van der Waals surface area (Å²) in [6.07, 6.45) is 0. The fourth-order valence-electron chi connectivity index (χ4n) is 2.30. The molecule has 3 heterocycles. The van der Waals surface area contributed by atoms with E-state index in [1.807, 2.05) is 17.5 Å². The van der Waals surface area contributed by atoms with Crippen LogP contribution in [-0.2, 0) is 0 Å². The quantitative estimate of drug-likeness (QED) is 0.708. The molecule has 3 nitrogen and oxygen atoms in total. The molecule has 0 unspecified atom stereocenters. The van der Waals surface area contributed by atoms with Crippen molar-refractivity contribution in [3.63, 3.8) is 0 Å². The summed E-state index contributed by atoms with van der Waals surface area (Å²) in [5.41, 5.74) is 7.71. The fraction of sp³-hybridized carbons (Fsp3) is 0.125. The Balaban J connectivity index is 1.71. The van der Waals surface area contributed by atoms with E-state index in [1.54, 1.807) is 22.7 Å². The van der Waals surface area contributed by atoms with Crippen LogP contribution < -0.4 is 15.2 Å². The van der Waals surface area contributed by atoms with Crippen LogP contribution in [0.1, 0.15) is 0 Å². The molecule has 0 amide bonds. The molecular weight excluding hydrogens is 302 g/mol. The van der Waals surface area contributed by atoms with Crippen LogP contribution in [0.25, 0.3) is 20.2 Å². The van der Waals surface area contributed by atoms with E-state index in [2.05, 4.69) is 24.3 Å². The van der Waals surface area contributed by atoms with Gasteiger partial charge >= 0.3 is 0 Å². The Morgan fingerprint density at radius 1 is 0.905 bits per heavy atom. The second kappa shape index (κ2) is 5.09. The van der Waals surface area contributed by atoms with Crippen molar-refractivity contribution >= 4 is 28.4 Å². The topological polar surface area (TPSA) is 44.5 Å². The molecule has 0 spiro atoms. The lowest BCUT2D eigenvalue weighted by Crippen LogP contribution is -2.14. The number of hydrogen-bond donors (Lipinski definition) is 1. The number of fused-ring (bicyclic) bond motifs is 1. The minimum atomic E-state index is 0.618. The molecule has 0 saturated carbocycles. The number of hydrogen-bond acceptors (Lipinski definition) is 5. The summed E-state index contributed by atoms with van der Waals surface area (Å²) in [5, 5.41) is 2.02. The predicted molar refractivity (Wildman–Crippen MR) is 88.5 cm³/mol. The third-order valence-corrected chi connectivity index (χ3v) is 5.58. The van der Waals surface area contributed by atoms with Crippen molar-refractivity contribution in [2.24, 2.45) is 0 Å². The summed E-state index contributed by atoms with van der Waals surface area (Å²) in [4.78, 5) is 3.58. The Kier molecular flexibility index (Phi) is 3.09. The summed E-state index contributed by atoms with van der Waals surface area (Å²) in [5.74, 6) is 1.75. The molecule has 1 aliphatic rings. The fourth-order valence-corrected chi connectivity index (χ4v) is 4.36. The monoisotopic (exact) mass is 315 g/mol. The molecular formula is C16H13NO2S2. The zero-order chi connectivity index (χ0) is 14.2. The van der Waals surface area contributed by atoms with E-state index in [-0.39, 0.29) is 0 Å². The number of rotatable bonds is 2. The van der Waals surface area contributed by atoms with Crippen LogP contribution in [0.3, 0.4) is 0 Å². The summed E-state index contributed by atoms with van der Waals surface area (Å²) < 4.78 is 11.4. The van der Waals surface area contributed by atoms with Gasteiger partial charge < -0.3 is 15.2 Å². The average Bonchev–Trinajstić information content (AvgIpc) is 3.14. The molecule has 21 heavy (non-hydrogen) atoms. The zero-order valence-electron chi connectivity index (χ0n) is 11.2. The Hall–Kier alpha value is -1.98. The van der Waals surface area contributed by atoms with Crippen LogP contribution in [0, 0.1) is 0 Å². The molecule has 0 radical (unpaired) electrons. The third-order valence-electron chi connectivity index (χ3n) is 3.33. The largest absolute Gasteiger partial charge is 0.485 e. The summed E-state index contributed by atoms with van der Waals surface area (Å²) in [7, 11) is 0. The predicted octanol–water partition coefficient (Wildman–Crippen LogP) is 4.50. The van der Waals surface area contributed by atoms with Gasteiger partial charge in [0.1, 0.15) is 13.2 Å². The smallest absolute Gasteiger partial charge is 0.180 e. The Bertz CT molecular complexity index is 774. The number of nitrogen functional groups attached to an aromatic ring is 1. The van der Waals surface area contributed by atoms with Crippen molar-refractivity contribution in [1.29, 1.82) is 0 Å². The minimum absolute atomic E-state index is 0.618. The first-order valence-electron chi connectivity index (χ1n) is 6.64. The van der Waals surface area contributed by atoms with Crippen molar-refractivity contribution in [1.82, 2.24) is 0 Å². The third kappa shape index (κ3) is 2.28. The van der Waals surface area contributed by atoms with Gasteiger partial charge in [0.2, 0.25) is 0 Å². The van der Waals surface area contributed by atoms with Gasteiger partial charge in [-0.3, -0.25) is 0 Å². The van der Waals surface area contributed by atoms with Crippen molar-refractivity contribution in [2.45, 2.75) is 0 Å². The van der Waals surface area contributed by atoms with Gasteiger partial charge in [-0.25, -0.2) is 0 Å². The summed E-state index contributed by atoms with van der Waals surface area (Å²) >= 11 is 3.43. The highest BCUT2D eigenvalue weighted by atomic mass is 32.1. The van der Waals surface area contributed by atoms with E-state index in [1.165, 1.54) is 15.3 Å². The first-order valence-corrected chi connectivity index (χ1v) is 8.34. The van der Waals surface area contributed by atoms with Gasteiger partial charge in [0, 0.05) is 20.8 Å². The standard InChI is InChI=1S/C16H13NO2S2/c17-11-3-1-10(2-4-11)13-5-6-14(21-13)16-15-12(9-20-16)18-7-8-19-15/h1-6,9H,7-8,17H2. The van der Waals surface area contributed by atoms with E-state index >= 15 is 0 Å².